The van der Waals surface area contributed by atoms with Crippen molar-refractivity contribution in [2.24, 2.45) is 5.41 Å². The fraction of sp³-hybridized carbons (Fsp3) is 0.654. The second-order valence-corrected chi connectivity index (χ2v) is 10.3. The number of benzene rings is 1. The third-order valence-corrected chi connectivity index (χ3v) is 6.48. The number of hydrogen-bond donors (Lipinski definition) is 2. The molecule has 0 bridgehead atoms. The molecule has 0 spiro atoms. The van der Waals surface area contributed by atoms with Gasteiger partial charge in [-0.2, -0.15) is 0 Å². The Hall–Kier alpha value is -2.48. The van der Waals surface area contributed by atoms with Gasteiger partial charge in [0.2, 0.25) is 11.8 Å². The molecule has 2 N–H and O–H groups in total. The van der Waals surface area contributed by atoms with E-state index in [1.807, 2.05) is 51.1 Å². The summed E-state index contributed by atoms with van der Waals surface area (Å²) >= 11 is 0. The third-order valence-electron chi connectivity index (χ3n) is 6.48. The van der Waals surface area contributed by atoms with Crippen LogP contribution < -0.4 is 10.6 Å². The summed E-state index contributed by atoms with van der Waals surface area (Å²) in [7, 11) is 1.70. The first-order chi connectivity index (χ1) is 16.0. The number of carbonyl (C=O) groups excluding carboxylic acids is 3. The van der Waals surface area contributed by atoms with E-state index in [2.05, 4.69) is 10.6 Å². The fourth-order valence-electron chi connectivity index (χ4n) is 4.23. The maximum absolute atomic E-state index is 14.0. The van der Waals surface area contributed by atoms with Crippen molar-refractivity contribution in [1.29, 1.82) is 0 Å². The standard InChI is InChI=1S/C26H41FN4O3/c1-18(27)24(33)30(16-14-20-11-8-7-9-12-20)17-21-13-10-15-31(21)25(34)22(26(3,4)5)29-23(32)19(2)28-6/h7-9,11-12,18-19,21-22,28H,10,13-17H2,1-6H3,(H,29,32)/t18?,19-,21-,22+/m0/s1. The topological polar surface area (TPSA) is 81.8 Å². The Morgan fingerprint density at radius 1 is 1.18 bits per heavy atom. The molecule has 0 saturated carbocycles. The van der Waals surface area contributed by atoms with Crippen LogP contribution in [0.5, 0.6) is 0 Å². The Morgan fingerprint density at radius 2 is 1.82 bits per heavy atom. The van der Waals surface area contributed by atoms with Gasteiger partial charge in [0.15, 0.2) is 6.17 Å². The molecule has 7 nitrogen and oxygen atoms in total. The van der Waals surface area contributed by atoms with E-state index in [0.29, 0.717) is 19.5 Å². The molecule has 1 saturated heterocycles. The van der Waals surface area contributed by atoms with Crippen molar-refractivity contribution in [1.82, 2.24) is 20.4 Å². The molecule has 1 aromatic carbocycles. The normalized spacial score (nSPS) is 18.8. The van der Waals surface area contributed by atoms with Crippen molar-refractivity contribution in [3.8, 4) is 0 Å². The molecule has 4 atom stereocenters. The van der Waals surface area contributed by atoms with Gasteiger partial charge in [-0.1, -0.05) is 51.1 Å². The van der Waals surface area contributed by atoms with E-state index in [9.17, 15) is 18.8 Å². The minimum atomic E-state index is -1.61. The number of nitrogens with zero attached hydrogens (tertiary/aromatic N) is 2. The molecule has 3 amide bonds. The van der Waals surface area contributed by atoms with E-state index in [1.54, 1.807) is 23.8 Å². The second-order valence-electron chi connectivity index (χ2n) is 10.3. The SMILES string of the molecule is CN[C@@H](C)C(=O)N[C@H](C(=O)N1CCC[C@H]1CN(CCc1ccccc1)C(=O)C(C)F)C(C)(C)C. The van der Waals surface area contributed by atoms with Crippen molar-refractivity contribution in [2.75, 3.05) is 26.7 Å². The average molecular weight is 477 g/mol. The number of carbonyl (C=O) groups is 3. The molecule has 1 aromatic rings. The van der Waals surface area contributed by atoms with E-state index in [4.69, 9.17) is 0 Å². The smallest absolute Gasteiger partial charge is 0.256 e. The summed E-state index contributed by atoms with van der Waals surface area (Å²) < 4.78 is 14.0. The highest BCUT2D eigenvalue weighted by atomic mass is 19.1. The van der Waals surface area contributed by atoms with E-state index in [1.165, 1.54) is 6.92 Å². The number of amides is 3. The maximum atomic E-state index is 14.0. The van der Waals surface area contributed by atoms with Crippen LogP contribution in [-0.2, 0) is 20.8 Å². The van der Waals surface area contributed by atoms with Gasteiger partial charge in [0, 0.05) is 25.7 Å². The van der Waals surface area contributed by atoms with E-state index in [-0.39, 0.29) is 24.4 Å². The first-order valence-electron chi connectivity index (χ1n) is 12.2. The van der Waals surface area contributed by atoms with Gasteiger partial charge in [-0.3, -0.25) is 14.4 Å². The number of likely N-dealkylation sites (N-methyl/N-ethyl adjacent to an activating group) is 1. The molecule has 0 aliphatic carbocycles. The highest BCUT2D eigenvalue weighted by molar-refractivity contribution is 5.90. The molecule has 0 radical (unpaired) electrons. The lowest BCUT2D eigenvalue weighted by Gasteiger charge is -2.37. The Balaban J connectivity index is 2.17. The lowest BCUT2D eigenvalue weighted by molar-refractivity contribution is -0.143. The molecule has 2 rings (SSSR count). The number of likely N-dealkylation sites (tertiary alicyclic amines) is 1. The van der Waals surface area contributed by atoms with Gasteiger partial charge in [0.05, 0.1) is 6.04 Å². The van der Waals surface area contributed by atoms with E-state index < -0.39 is 29.6 Å². The summed E-state index contributed by atoms with van der Waals surface area (Å²) in [6.45, 7) is 9.98. The Kier molecular flexibility index (Phi) is 10.0. The van der Waals surface area contributed by atoms with Crippen molar-refractivity contribution < 1.29 is 18.8 Å². The van der Waals surface area contributed by atoms with Gasteiger partial charge in [-0.25, -0.2) is 4.39 Å². The van der Waals surface area contributed by atoms with Crippen LogP contribution in [0, 0.1) is 5.41 Å². The molecule has 1 heterocycles. The predicted octanol–water partition coefficient (Wildman–Crippen LogP) is 2.55. The van der Waals surface area contributed by atoms with Crippen LogP contribution >= 0.6 is 0 Å². The molecular formula is C26H41FN4O3. The lowest BCUT2D eigenvalue weighted by atomic mass is 9.85. The van der Waals surface area contributed by atoms with E-state index in [0.717, 1.165) is 18.4 Å². The molecule has 190 valence electrons. The van der Waals surface area contributed by atoms with Gasteiger partial charge >= 0.3 is 0 Å². The average Bonchev–Trinajstić information content (AvgIpc) is 3.26. The predicted molar refractivity (Wildman–Crippen MR) is 132 cm³/mol. The minimum Gasteiger partial charge on any atom is -0.342 e. The monoisotopic (exact) mass is 476 g/mol. The summed E-state index contributed by atoms with van der Waals surface area (Å²) in [6, 6.07) is 8.42. The minimum absolute atomic E-state index is 0.157. The lowest BCUT2D eigenvalue weighted by Crippen LogP contribution is -2.59. The maximum Gasteiger partial charge on any atom is 0.256 e. The number of alkyl halides is 1. The van der Waals surface area contributed by atoms with Gasteiger partial charge in [-0.05, 0) is 51.1 Å². The molecule has 1 aliphatic heterocycles. The van der Waals surface area contributed by atoms with Crippen LogP contribution in [0.25, 0.3) is 0 Å². The molecule has 34 heavy (non-hydrogen) atoms. The Bertz CT molecular complexity index is 825. The summed E-state index contributed by atoms with van der Waals surface area (Å²) in [5.41, 5.74) is 0.573. The second kappa shape index (κ2) is 12.3. The van der Waals surface area contributed by atoms with Crippen LogP contribution in [0.1, 0.15) is 53.0 Å². The molecular weight excluding hydrogens is 435 g/mol. The Labute approximate surface area is 203 Å². The molecule has 1 fully saturated rings. The largest absolute Gasteiger partial charge is 0.342 e. The highest BCUT2D eigenvalue weighted by Gasteiger charge is 2.41. The quantitative estimate of drug-likeness (QED) is 0.544. The zero-order valence-corrected chi connectivity index (χ0v) is 21.4. The van der Waals surface area contributed by atoms with Crippen LogP contribution in [0.15, 0.2) is 30.3 Å². The third kappa shape index (κ3) is 7.52. The van der Waals surface area contributed by atoms with Gasteiger partial charge in [0.25, 0.3) is 5.91 Å². The number of halogens is 1. The number of hydrogen-bond acceptors (Lipinski definition) is 4. The molecule has 1 unspecified atom stereocenters. The van der Waals surface area contributed by atoms with E-state index >= 15 is 0 Å². The van der Waals surface area contributed by atoms with Crippen LogP contribution in [0.2, 0.25) is 0 Å². The van der Waals surface area contributed by atoms with Crippen LogP contribution in [-0.4, -0.2) is 78.5 Å². The fourth-order valence-corrected chi connectivity index (χ4v) is 4.23. The zero-order chi connectivity index (χ0) is 25.5. The Morgan fingerprint density at radius 3 is 2.38 bits per heavy atom. The molecule has 1 aliphatic rings. The first kappa shape index (κ1) is 27.8. The van der Waals surface area contributed by atoms with Gasteiger partial charge < -0.3 is 20.4 Å². The van der Waals surface area contributed by atoms with Crippen LogP contribution in [0.3, 0.4) is 0 Å². The van der Waals surface area contributed by atoms with Gasteiger partial charge in [0.1, 0.15) is 6.04 Å². The number of nitrogens with one attached hydrogen (secondary N) is 2. The summed E-state index contributed by atoms with van der Waals surface area (Å²) in [5, 5.41) is 5.81. The first-order valence-corrected chi connectivity index (χ1v) is 12.2. The van der Waals surface area contributed by atoms with Crippen molar-refractivity contribution >= 4 is 17.7 Å². The molecule has 0 aromatic heterocycles. The van der Waals surface area contributed by atoms with Gasteiger partial charge in [-0.15, -0.1) is 0 Å². The van der Waals surface area contributed by atoms with Crippen molar-refractivity contribution in [2.45, 2.75) is 78.2 Å². The molecule has 8 heteroatoms. The summed E-state index contributed by atoms with van der Waals surface area (Å²) in [4.78, 5) is 42.2. The highest BCUT2D eigenvalue weighted by Crippen LogP contribution is 2.26. The van der Waals surface area contributed by atoms with Crippen molar-refractivity contribution in [3.63, 3.8) is 0 Å². The zero-order valence-electron chi connectivity index (χ0n) is 21.4. The van der Waals surface area contributed by atoms with Crippen LogP contribution in [0.4, 0.5) is 4.39 Å². The summed E-state index contributed by atoms with van der Waals surface area (Å²) in [5.74, 6) is -0.952. The van der Waals surface area contributed by atoms with Crippen molar-refractivity contribution in [3.05, 3.63) is 35.9 Å². The number of rotatable bonds is 10. The summed E-state index contributed by atoms with van der Waals surface area (Å²) in [6.07, 6.45) is 0.549.